The third-order valence-corrected chi connectivity index (χ3v) is 5.39. The zero-order valence-electron chi connectivity index (χ0n) is 12.0. The number of H-pyrrole nitrogens is 1. The summed E-state index contributed by atoms with van der Waals surface area (Å²) in [6.07, 6.45) is 0. The topological polar surface area (TPSA) is 108 Å². The summed E-state index contributed by atoms with van der Waals surface area (Å²) in [7, 11) is -3.89. The molecule has 0 radical (unpaired) electrons. The molecule has 0 saturated carbocycles. The van der Waals surface area contributed by atoms with Gasteiger partial charge in [0, 0.05) is 11.2 Å². The molecule has 1 aromatic rings. The van der Waals surface area contributed by atoms with Gasteiger partial charge >= 0.3 is 4.87 Å². The molecule has 0 bridgehead atoms. The van der Waals surface area contributed by atoms with E-state index in [4.69, 9.17) is 0 Å². The predicted octanol–water partition coefficient (Wildman–Crippen LogP) is 0.326. The zero-order chi connectivity index (χ0) is 15.7. The normalized spacial score (nSPS) is 14.1. The molecule has 1 atom stereocenters. The van der Waals surface area contributed by atoms with Gasteiger partial charge in [-0.05, 0) is 34.6 Å². The first-order valence-corrected chi connectivity index (χ1v) is 8.26. The van der Waals surface area contributed by atoms with E-state index >= 15 is 0 Å². The first kappa shape index (κ1) is 16.9. The maximum absolute atomic E-state index is 12.1. The SMILES string of the molecule is Cc1[nH]c(=O)sc1S(=O)(=O)NC(C)C(=O)NC(C)(C)C. The van der Waals surface area contributed by atoms with Crippen LogP contribution in [0.25, 0.3) is 0 Å². The monoisotopic (exact) mass is 321 g/mol. The van der Waals surface area contributed by atoms with E-state index in [1.807, 2.05) is 0 Å². The summed E-state index contributed by atoms with van der Waals surface area (Å²) in [6.45, 7) is 8.34. The van der Waals surface area contributed by atoms with Crippen LogP contribution in [0.5, 0.6) is 0 Å². The Hall–Kier alpha value is -1.19. The van der Waals surface area contributed by atoms with Crippen LogP contribution < -0.4 is 14.9 Å². The standard InChI is InChI=1S/C11H19N3O4S2/c1-6(8(15)13-11(3,4)5)14-20(17,18)9-7(2)12-10(16)19-9/h6,14H,1-5H3,(H,12,16)(H,13,15). The minimum atomic E-state index is -3.89. The van der Waals surface area contributed by atoms with Crippen molar-refractivity contribution in [1.82, 2.24) is 15.0 Å². The largest absolute Gasteiger partial charge is 0.350 e. The number of aromatic amines is 1. The number of sulfonamides is 1. The van der Waals surface area contributed by atoms with Gasteiger partial charge in [0.2, 0.25) is 5.91 Å². The Bertz CT molecular complexity index is 652. The zero-order valence-corrected chi connectivity index (χ0v) is 13.7. The molecule has 7 nitrogen and oxygen atoms in total. The lowest BCUT2D eigenvalue weighted by atomic mass is 10.1. The quantitative estimate of drug-likeness (QED) is 0.742. The minimum absolute atomic E-state index is 0.0992. The van der Waals surface area contributed by atoms with E-state index in [9.17, 15) is 18.0 Å². The van der Waals surface area contributed by atoms with E-state index in [-0.39, 0.29) is 9.90 Å². The van der Waals surface area contributed by atoms with E-state index < -0.39 is 32.4 Å². The van der Waals surface area contributed by atoms with Crippen LogP contribution in [0.15, 0.2) is 9.00 Å². The van der Waals surface area contributed by atoms with Crippen molar-refractivity contribution >= 4 is 27.3 Å². The van der Waals surface area contributed by atoms with Gasteiger partial charge in [0.05, 0.1) is 6.04 Å². The van der Waals surface area contributed by atoms with Crippen LogP contribution >= 0.6 is 11.3 Å². The van der Waals surface area contributed by atoms with Gasteiger partial charge in [-0.3, -0.25) is 9.59 Å². The number of hydrogen-bond acceptors (Lipinski definition) is 5. The summed E-state index contributed by atoms with van der Waals surface area (Å²) in [5.41, 5.74) is -0.193. The Kier molecular flexibility index (Phi) is 4.78. The fraction of sp³-hybridized carbons (Fsp3) is 0.636. The van der Waals surface area contributed by atoms with Gasteiger partial charge in [0.15, 0.2) is 4.21 Å². The number of thiazole rings is 1. The smallest absolute Gasteiger partial charge is 0.305 e. The number of hydrogen-bond donors (Lipinski definition) is 3. The number of aromatic nitrogens is 1. The van der Waals surface area contributed by atoms with Crippen molar-refractivity contribution in [1.29, 1.82) is 0 Å². The molecule has 1 aromatic heterocycles. The lowest BCUT2D eigenvalue weighted by Crippen LogP contribution is -2.50. The maximum atomic E-state index is 12.1. The van der Waals surface area contributed by atoms with Crippen molar-refractivity contribution in [2.75, 3.05) is 0 Å². The van der Waals surface area contributed by atoms with Crippen LogP contribution in [-0.2, 0) is 14.8 Å². The molecular formula is C11H19N3O4S2. The van der Waals surface area contributed by atoms with Crippen molar-refractivity contribution in [3.63, 3.8) is 0 Å². The van der Waals surface area contributed by atoms with Gasteiger partial charge in [-0.1, -0.05) is 11.3 Å². The second-order valence-electron chi connectivity index (χ2n) is 5.51. The summed E-state index contributed by atoms with van der Waals surface area (Å²) < 4.78 is 26.4. The molecule has 1 unspecified atom stereocenters. The first-order chi connectivity index (χ1) is 8.92. The van der Waals surface area contributed by atoms with Crippen molar-refractivity contribution in [3.05, 3.63) is 15.4 Å². The van der Waals surface area contributed by atoms with Gasteiger partial charge in [0.25, 0.3) is 10.0 Å². The molecule has 1 amide bonds. The van der Waals surface area contributed by atoms with E-state index in [1.165, 1.54) is 13.8 Å². The lowest BCUT2D eigenvalue weighted by Gasteiger charge is -2.23. The molecule has 0 aromatic carbocycles. The fourth-order valence-electron chi connectivity index (χ4n) is 1.46. The van der Waals surface area contributed by atoms with Crippen LogP contribution in [-0.4, -0.2) is 30.9 Å². The van der Waals surface area contributed by atoms with E-state index in [0.29, 0.717) is 11.3 Å². The van der Waals surface area contributed by atoms with Crippen LogP contribution in [0, 0.1) is 6.92 Å². The summed E-state index contributed by atoms with van der Waals surface area (Å²) in [6, 6.07) is -0.934. The van der Waals surface area contributed by atoms with Crippen LogP contribution in [0.2, 0.25) is 0 Å². The second-order valence-corrected chi connectivity index (χ2v) is 8.40. The van der Waals surface area contributed by atoms with Gasteiger partial charge in [-0.15, -0.1) is 0 Å². The average molecular weight is 321 g/mol. The summed E-state index contributed by atoms with van der Waals surface area (Å²) in [5.74, 6) is -0.429. The highest BCUT2D eigenvalue weighted by Crippen LogP contribution is 2.16. The number of amides is 1. The van der Waals surface area contributed by atoms with Crippen LogP contribution in [0.3, 0.4) is 0 Å². The highest BCUT2D eigenvalue weighted by molar-refractivity contribution is 7.91. The Morgan fingerprint density at radius 2 is 1.90 bits per heavy atom. The Balaban J connectivity index is 2.89. The molecule has 114 valence electrons. The molecule has 0 aliphatic rings. The number of aryl methyl sites for hydroxylation is 1. The Morgan fingerprint density at radius 1 is 1.35 bits per heavy atom. The number of rotatable bonds is 4. The number of carbonyl (C=O) groups excluding carboxylic acids is 1. The molecule has 1 heterocycles. The van der Waals surface area contributed by atoms with Crippen molar-refractivity contribution in [2.45, 2.75) is 50.4 Å². The molecule has 3 N–H and O–H groups in total. The highest BCUT2D eigenvalue weighted by Gasteiger charge is 2.27. The van der Waals surface area contributed by atoms with E-state index in [1.54, 1.807) is 20.8 Å². The molecule has 0 saturated heterocycles. The minimum Gasteiger partial charge on any atom is -0.350 e. The molecule has 1 rings (SSSR count). The first-order valence-electron chi connectivity index (χ1n) is 5.96. The summed E-state index contributed by atoms with van der Waals surface area (Å²) in [5, 5.41) is 2.68. The molecule has 0 fully saturated rings. The maximum Gasteiger partial charge on any atom is 0.305 e. The molecule has 0 spiro atoms. The molecular weight excluding hydrogens is 302 g/mol. The molecule has 20 heavy (non-hydrogen) atoms. The summed E-state index contributed by atoms with van der Waals surface area (Å²) >= 11 is 0.595. The van der Waals surface area contributed by atoms with Gasteiger partial charge in [-0.2, -0.15) is 4.72 Å². The van der Waals surface area contributed by atoms with Gasteiger partial charge < -0.3 is 10.3 Å². The molecule has 0 aliphatic carbocycles. The Labute approximate surface area is 121 Å². The lowest BCUT2D eigenvalue weighted by molar-refractivity contribution is -0.123. The van der Waals surface area contributed by atoms with Crippen molar-refractivity contribution in [3.8, 4) is 0 Å². The van der Waals surface area contributed by atoms with Crippen LogP contribution in [0.1, 0.15) is 33.4 Å². The predicted molar refractivity (Wildman–Crippen MR) is 77.4 cm³/mol. The fourth-order valence-corrected chi connectivity index (χ4v) is 3.98. The third-order valence-electron chi connectivity index (χ3n) is 2.25. The van der Waals surface area contributed by atoms with Gasteiger partial charge in [-0.25, -0.2) is 8.42 Å². The molecule has 9 heteroatoms. The number of carbonyl (C=O) groups is 1. The van der Waals surface area contributed by atoms with Crippen LogP contribution in [0.4, 0.5) is 0 Å². The number of nitrogens with one attached hydrogen (secondary N) is 3. The van der Waals surface area contributed by atoms with Gasteiger partial charge in [0.1, 0.15) is 0 Å². The highest BCUT2D eigenvalue weighted by atomic mass is 32.2. The van der Waals surface area contributed by atoms with E-state index in [0.717, 1.165) is 0 Å². The van der Waals surface area contributed by atoms with Crippen molar-refractivity contribution in [2.24, 2.45) is 0 Å². The van der Waals surface area contributed by atoms with Crippen molar-refractivity contribution < 1.29 is 13.2 Å². The Morgan fingerprint density at radius 3 is 2.30 bits per heavy atom. The third kappa shape index (κ3) is 4.43. The molecule has 0 aliphatic heterocycles. The summed E-state index contributed by atoms with van der Waals surface area (Å²) in [4.78, 5) is 25.0. The second kappa shape index (κ2) is 5.66. The average Bonchev–Trinajstić information content (AvgIpc) is 2.55. The van der Waals surface area contributed by atoms with E-state index in [2.05, 4.69) is 15.0 Å².